The largest absolute Gasteiger partial charge is 0.398 e. The van der Waals surface area contributed by atoms with Crippen LogP contribution in [-0.2, 0) is 7.05 Å². The van der Waals surface area contributed by atoms with E-state index in [1.807, 2.05) is 0 Å². The van der Waals surface area contributed by atoms with Crippen LogP contribution < -0.4 is 5.73 Å². The quantitative estimate of drug-likeness (QED) is 0.676. The molecule has 16 heavy (non-hydrogen) atoms. The third-order valence-corrected chi connectivity index (χ3v) is 2.81. The average Bonchev–Trinajstić information content (AvgIpc) is 2.63. The fraction of sp³-hybridized carbons (Fsp3) is 0.0909. The zero-order chi connectivity index (χ0) is 11.7. The Kier molecular flexibility index (Phi) is 2.78. The predicted molar refractivity (Wildman–Crippen MR) is 65.2 cm³/mol. The average molecular weight is 280 g/mol. The number of nitrogen functional groups attached to an aromatic ring is 1. The summed E-state index contributed by atoms with van der Waals surface area (Å²) in [5, 5.41) is 3.96. The number of aryl methyl sites for hydroxylation is 1. The fourth-order valence-corrected chi connectivity index (χ4v) is 1.85. The van der Waals surface area contributed by atoms with Crippen LogP contribution in [0.3, 0.4) is 0 Å². The maximum Gasteiger partial charge on any atom is 0.213 e. The van der Waals surface area contributed by atoms with Crippen molar-refractivity contribution in [1.82, 2.24) is 9.78 Å². The van der Waals surface area contributed by atoms with Crippen LogP contribution in [0.5, 0.6) is 0 Å². The number of nitrogens with zero attached hydrogens (tertiary/aromatic N) is 2. The molecule has 2 N–H and O–H groups in total. The van der Waals surface area contributed by atoms with Gasteiger partial charge in [0.05, 0.1) is 0 Å². The molecule has 0 saturated heterocycles. The summed E-state index contributed by atoms with van der Waals surface area (Å²) in [6.07, 6.45) is 1.59. The van der Waals surface area contributed by atoms with Gasteiger partial charge in [-0.15, -0.1) is 0 Å². The Hall–Kier alpha value is -1.62. The molecule has 0 fully saturated rings. The number of anilines is 1. The Balaban J connectivity index is 2.46. The molecule has 0 aliphatic rings. The number of benzene rings is 1. The summed E-state index contributed by atoms with van der Waals surface area (Å²) in [6, 6.07) is 6.88. The zero-order valence-electron chi connectivity index (χ0n) is 8.64. The second-order valence-corrected chi connectivity index (χ2v) is 4.32. The molecule has 0 unspecified atom stereocenters. The number of carbonyl (C=O) groups is 1. The van der Waals surface area contributed by atoms with E-state index in [2.05, 4.69) is 21.0 Å². The van der Waals surface area contributed by atoms with E-state index >= 15 is 0 Å². The first-order chi connectivity index (χ1) is 7.59. The maximum atomic E-state index is 12.1. The molecule has 0 spiro atoms. The Bertz CT molecular complexity index is 548. The van der Waals surface area contributed by atoms with Gasteiger partial charge in [0.1, 0.15) is 5.69 Å². The molecule has 0 bridgehead atoms. The molecule has 0 aliphatic carbocycles. The van der Waals surface area contributed by atoms with Gasteiger partial charge in [0.15, 0.2) is 0 Å². The highest BCUT2D eigenvalue weighted by molar-refractivity contribution is 9.10. The van der Waals surface area contributed by atoms with Crippen molar-refractivity contribution in [3.8, 4) is 0 Å². The SMILES string of the molecule is Cn1nccc1C(=O)c1ccc(Br)cc1N. The highest BCUT2D eigenvalue weighted by Crippen LogP contribution is 2.21. The van der Waals surface area contributed by atoms with Crippen molar-refractivity contribution in [2.45, 2.75) is 0 Å². The molecule has 2 rings (SSSR count). The van der Waals surface area contributed by atoms with Gasteiger partial charge >= 0.3 is 0 Å². The smallest absolute Gasteiger partial charge is 0.213 e. The van der Waals surface area contributed by atoms with E-state index in [-0.39, 0.29) is 5.78 Å². The van der Waals surface area contributed by atoms with Crippen molar-refractivity contribution in [2.75, 3.05) is 5.73 Å². The van der Waals surface area contributed by atoms with Crippen molar-refractivity contribution in [3.05, 3.63) is 46.2 Å². The van der Waals surface area contributed by atoms with Crippen LogP contribution in [0.15, 0.2) is 34.9 Å². The number of rotatable bonds is 2. The maximum absolute atomic E-state index is 12.1. The highest BCUT2D eigenvalue weighted by atomic mass is 79.9. The van der Waals surface area contributed by atoms with Crippen LogP contribution in [0.4, 0.5) is 5.69 Å². The van der Waals surface area contributed by atoms with Crippen LogP contribution >= 0.6 is 15.9 Å². The lowest BCUT2D eigenvalue weighted by Gasteiger charge is -2.05. The number of carbonyl (C=O) groups excluding carboxylic acids is 1. The number of aromatic nitrogens is 2. The first kappa shape index (κ1) is 10.9. The minimum absolute atomic E-state index is 0.120. The monoisotopic (exact) mass is 279 g/mol. The first-order valence-corrected chi connectivity index (χ1v) is 5.46. The molecule has 82 valence electrons. The third kappa shape index (κ3) is 1.86. The van der Waals surface area contributed by atoms with Crippen molar-refractivity contribution >= 4 is 27.4 Å². The van der Waals surface area contributed by atoms with Crippen molar-refractivity contribution in [1.29, 1.82) is 0 Å². The molecule has 2 aromatic rings. The zero-order valence-corrected chi connectivity index (χ0v) is 10.2. The summed E-state index contributed by atoms with van der Waals surface area (Å²) in [4.78, 5) is 12.1. The molecular weight excluding hydrogens is 270 g/mol. The lowest BCUT2D eigenvalue weighted by molar-refractivity contribution is 0.103. The summed E-state index contributed by atoms with van der Waals surface area (Å²) in [7, 11) is 1.72. The van der Waals surface area contributed by atoms with Gasteiger partial charge in [-0.25, -0.2) is 0 Å². The predicted octanol–water partition coefficient (Wildman–Crippen LogP) is 2.00. The Labute approximate surface area is 101 Å². The highest BCUT2D eigenvalue weighted by Gasteiger charge is 2.15. The van der Waals surface area contributed by atoms with Crippen LogP contribution in [0.1, 0.15) is 16.1 Å². The second kappa shape index (κ2) is 4.09. The summed E-state index contributed by atoms with van der Waals surface area (Å²) >= 11 is 3.30. The molecule has 0 aliphatic heterocycles. The van der Waals surface area contributed by atoms with Gasteiger partial charge in [-0.2, -0.15) is 5.10 Å². The van der Waals surface area contributed by atoms with E-state index in [4.69, 9.17) is 5.73 Å². The van der Waals surface area contributed by atoms with E-state index in [0.717, 1.165) is 4.47 Å². The van der Waals surface area contributed by atoms with E-state index < -0.39 is 0 Å². The van der Waals surface area contributed by atoms with Gasteiger partial charge in [0.25, 0.3) is 0 Å². The van der Waals surface area contributed by atoms with Gasteiger partial charge in [-0.3, -0.25) is 9.48 Å². The van der Waals surface area contributed by atoms with E-state index in [1.54, 1.807) is 37.5 Å². The summed E-state index contributed by atoms with van der Waals surface area (Å²) in [5.74, 6) is -0.120. The summed E-state index contributed by atoms with van der Waals surface area (Å²) in [6.45, 7) is 0. The number of hydrogen-bond donors (Lipinski definition) is 1. The van der Waals surface area contributed by atoms with Crippen molar-refractivity contribution in [2.24, 2.45) is 7.05 Å². The van der Waals surface area contributed by atoms with E-state index in [1.165, 1.54) is 4.68 Å². The molecule has 0 amide bonds. The third-order valence-electron chi connectivity index (χ3n) is 2.31. The van der Waals surface area contributed by atoms with Crippen LogP contribution in [0, 0.1) is 0 Å². The minimum atomic E-state index is -0.120. The molecule has 0 radical (unpaired) electrons. The van der Waals surface area contributed by atoms with Gasteiger partial charge in [0, 0.05) is 29.0 Å². The Morgan fingerprint density at radius 1 is 1.44 bits per heavy atom. The lowest BCUT2D eigenvalue weighted by Crippen LogP contribution is -2.10. The minimum Gasteiger partial charge on any atom is -0.398 e. The first-order valence-electron chi connectivity index (χ1n) is 4.67. The van der Waals surface area contributed by atoms with Crippen molar-refractivity contribution < 1.29 is 4.79 Å². The van der Waals surface area contributed by atoms with E-state index in [9.17, 15) is 4.79 Å². The molecule has 1 aromatic heterocycles. The molecule has 0 saturated carbocycles. The van der Waals surface area contributed by atoms with Crippen LogP contribution in [0.2, 0.25) is 0 Å². The normalized spacial score (nSPS) is 10.4. The number of hydrogen-bond acceptors (Lipinski definition) is 3. The lowest BCUT2D eigenvalue weighted by atomic mass is 10.1. The van der Waals surface area contributed by atoms with Crippen LogP contribution in [0.25, 0.3) is 0 Å². The van der Waals surface area contributed by atoms with Gasteiger partial charge < -0.3 is 5.73 Å². The fourth-order valence-electron chi connectivity index (χ4n) is 1.47. The summed E-state index contributed by atoms with van der Waals surface area (Å²) < 4.78 is 2.38. The Morgan fingerprint density at radius 3 is 2.75 bits per heavy atom. The van der Waals surface area contributed by atoms with Crippen molar-refractivity contribution in [3.63, 3.8) is 0 Å². The molecule has 1 aromatic carbocycles. The van der Waals surface area contributed by atoms with Gasteiger partial charge in [-0.1, -0.05) is 15.9 Å². The van der Waals surface area contributed by atoms with E-state index in [0.29, 0.717) is 16.9 Å². The molecular formula is C11H10BrN3O. The van der Waals surface area contributed by atoms with Crippen LogP contribution in [-0.4, -0.2) is 15.6 Å². The molecule has 1 heterocycles. The van der Waals surface area contributed by atoms with Gasteiger partial charge in [0.2, 0.25) is 5.78 Å². The molecule has 5 heteroatoms. The molecule has 4 nitrogen and oxygen atoms in total. The van der Waals surface area contributed by atoms with Gasteiger partial charge in [-0.05, 0) is 24.3 Å². The summed E-state index contributed by atoms with van der Waals surface area (Å²) in [5.41, 5.74) is 7.27. The number of ketones is 1. The Morgan fingerprint density at radius 2 is 2.19 bits per heavy atom. The molecule has 0 atom stereocenters. The number of nitrogens with two attached hydrogens (primary N) is 1. The second-order valence-electron chi connectivity index (χ2n) is 3.40. The number of halogens is 1. The standard InChI is InChI=1S/C11H10BrN3O/c1-15-10(4-5-14-15)11(16)8-3-2-7(12)6-9(8)13/h2-6H,13H2,1H3. The topological polar surface area (TPSA) is 60.9 Å².